The first-order chi connectivity index (χ1) is 13.6. The van der Waals surface area contributed by atoms with Crippen molar-refractivity contribution >= 4 is 26.0 Å². The summed E-state index contributed by atoms with van der Waals surface area (Å²) < 4.78 is 61.2. The molecule has 0 N–H and O–H groups in total. The number of hydrogen-bond acceptors (Lipinski definition) is 6. The van der Waals surface area contributed by atoms with Crippen molar-refractivity contribution in [3.63, 3.8) is 0 Å². The van der Waals surface area contributed by atoms with Crippen LogP contribution in [0.5, 0.6) is 0 Å². The fraction of sp³-hybridized carbons (Fsp3) is 0.650. The third kappa shape index (κ3) is 5.04. The predicted molar refractivity (Wildman–Crippen MR) is 116 cm³/mol. The molecule has 1 aromatic rings. The highest BCUT2D eigenvalue weighted by atomic mass is 32.2. The third-order valence-corrected chi connectivity index (χ3v) is 9.11. The molecule has 0 aliphatic rings. The molecule has 0 spiro atoms. The molecule has 8 nitrogen and oxygen atoms in total. The van der Waals surface area contributed by atoms with Crippen molar-refractivity contribution in [1.29, 1.82) is 0 Å². The lowest BCUT2D eigenvalue weighted by atomic mass is 10.2. The summed E-state index contributed by atoms with van der Waals surface area (Å²) in [6.07, 6.45) is 0. The number of ether oxygens (including phenoxy) is 1. The van der Waals surface area contributed by atoms with Crippen LogP contribution in [0.4, 0.5) is 0 Å². The molecular formula is C20H34N2O6S2. The molecule has 0 saturated heterocycles. The fourth-order valence-electron chi connectivity index (χ4n) is 3.77. The minimum absolute atomic E-state index is 0.384. The van der Waals surface area contributed by atoms with Crippen LogP contribution < -0.4 is 0 Å². The number of methoxy groups -OCH3 is 1. The molecule has 0 atom stereocenters. The molecule has 0 fully saturated rings. The Morgan fingerprint density at radius 3 is 1.27 bits per heavy atom. The first kappa shape index (κ1) is 26.5. The molecule has 1 aromatic carbocycles. The molecule has 0 unspecified atom stereocenters. The summed E-state index contributed by atoms with van der Waals surface area (Å²) in [5, 5.41) is 0. The van der Waals surface area contributed by atoms with Crippen molar-refractivity contribution < 1.29 is 26.4 Å². The quantitative estimate of drug-likeness (QED) is 0.523. The molecule has 0 aliphatic carbocycles. The zero-order chi connectivity index (χ0) is 23.6. The Morgan fingerprint density at radius 1 is 0.733 bits per heavy atom. The van der Waals surface area contributed by atoms with Gasteiger partial charge in [-0.15, -0.1) is 0 Å². The maximum absolute atomic E-state index is 13.5. The number of carbonyl (C=O) groups is 1. The Kier molecular flexibility index (Phi) is 8.63. The van der Waals surface area contributed by atoms with Crippen LogP contribution >= 0.6 is 0 Å². The van der Waals surface area contributed by atoms with Crippen LogP contribution in [0.15, 0.2) is 28.0 Å². The molecule has 0 amide bonds. The number of carbonyl (C=O) groups excluding carboxylic acids is 1. The van der Waals surface area contributed by atoms with Gasteiger partial charge in [-0.1, -0.05) is 6.07 Å². The molecular weight excluding hydrogens is 428 g/mol. The normalized spacial score (nSPS) is 13.3. The lowest BCUT2D eigenvalue weighted by Crippen LogP contribution is -2.44. The van der Waals surface area contributed by atoms with E-state index in [-0.39, 0.29) is 9.79 Å². The second-order valence-corrected chi connectivity index (χ2v) is 11.8. The van der Waals surface area contributed by atoms with Crippen molar-refractivity contribution in [2.75, 3.05) is 7.11 Å². The van der Waals surface area contributed by atoms with E-state index in [4.69, 9.17) is 4.74 Å². The number of benzene rings is 1. The van der Waals surface area contributed by atoms with Gasteiger partial charge in [-0.05, 0) is 67.5 Å². The number of sulfonamides is 2. The van der Waals surface area contributed by atoms with Gasteiger partial charge in [-0.3, -0.25) is 0 Å². The second kappa shape index (κ2) is 9.76. The van der Waals surface area contributed by atoms with E-state index in [1.54, 1.807) is 55.4 Å². The average Bonchev–Trinajstić information content (AvgIpc) is 2.58. The smallest absolute Gasteiger partial charge is 0.340 e. The van der Waals surface area contributed by atoms with Crippen molar-refractivity contribution in [2.24, 2.45) is 0 Å². The molecule has 0 saturated carbocycles. The van der Waals surface area contributed by atoms with E-state index in [2.05, 4.69) is 0 Å². The highest BCUT2D eigenvalue weighted by Crippen LogP contribution is 2.32. The zero-order valence-electron chi connectivity index (χ0n) is 19.2. The van der Waals surface area contributed by atoms with Crippen LogP contribution in [-0.4, -0.2) is 62.7 Å². The summed E-state index contributed by atoms with van der Waals surface area (Å²) in [6, 6.07) is 2.23. The van der Waals surface area contributed by atoms with Gasteiger partial charge in [-0.2, -0.15) is 8.61 Å². The topological polar surface area (TPSA) is 101 Å². The van der Waals surface area contributed by atoms with Crippen molar-refractivity contribution in [3.8, 4) is 0 Å². The van der Waals surface area contributed by atoms with Gasteiger partial charge in [0.05, 0.1) is 22.5 Å². The molecule has 0 aromatic heterocycles. The van der Waals surface area contributed by atoms with Crippen LogP contribution in [-0.2, 0) is 24.8 Å². The molecule has 0 heterocycles. The molecule has 0 aliphatic heterocycles. The number of hydrogen-bond donors (Lipinski definition) is 0. The van der Waals surface area contributed by atoms with E-state index in [0.717, 1.165) is 7.11 Å². The maximum atomic E-state index is 13.5. The largest absolute Gasteiger partial charge is 0.465 e. The van der Waals surface area contributed by atoms with E-state index in [1.807, 2.05) is 0 Å². The van der Waals surface area contributed by atoms with Crippen molar-refractivity contribution in [1.82, 2.24) is 8.61 Å². The Balaban J connectivity index is 4.00. The zero-order valence-corrected chi connectivity index (χ0v) is 20.8. The minimum atomic E-state index is -4.18. The van der Waals surface area contributed by atoms with E-state index < -0.39 is 55.7 Å². The molecule has 10 heteroatoms. The molecule has 0 radical (unpaired) electrons. The third-order valence-electron chi connectivity index (χ3n) is 4.52. The summed E-state index contributed by atoms with van der Waals surface area (Å²) in [7, 11) is -7.28. The monoisotopic (exact) mass is 462 g/mol. The highest BCUT2D eigenvalue weighted by molar-refractivity contribution is 7.90. The molecule has 1 rings (SSSR count). The van der Waals surface area contributed by atoms with E-state index in [0.29, 0.717) is 0 Å². The van der Waals surface area contributed by atoms with Gasteiger partial charge < -0.3 is 4.74 Å². The molecule has 172 valence electrons. The first-order valence-electron chi connectivity index (χ1n) is 9.90. The number of rotatable bonds is 9. The van der Waals surface area contributed by atoms with Crippen LogP contribution in [0.1, 0.15) is 65.7 Å². The van der Waals surface area contributed by atoms with E-state index in [1.165, 1.54) is 26.8 Å². The lowest BCUT2D eigenvalue weighted by molar-refractivity contribution is 0.0590. The maximum Gasteiger partial charge on any atom is 0.340 e. The van der Waals surface area contributed by atoms with Gasteiger partial charge in [0, 0.05) is 24.2 Å². The Bertz CT molecular complexity index is 883. The van der Waals surface area contributed by atoms with Gasteiger partial charge >= 0.3 is 5.97 Å². The summed E-state index contributed by atoms with van der Waals surface area (Å²) in [5.74, 6) is -1.02. The van der Waals surface area contributed by atoms with Gasteiger partial charge in [0.2, 0.25) is 20.0 Å². The van der Waals surface area contributed by atoms with Gasteiger partial charge in [0.15, 0.2) is 0 Å². The van der Waals surface area contributed by atoms with Crippen molar-refractivity contribution in [2.45, 2.75) is 89.3 Å². The van der Waals surface area contributed by atoms with Gasteiger partial charge in [0.25, 0.3) is 0 Å². The number of nitrogens with zero attached hydrogens (tertiary/aromatic N) is 2. The Morgan fingerprint density at radius 2 is 1.03 bits per heavy atom. The van der Waals surface area contributed by atoms with Crippen LogP contribution in [0.25, 0.3) is 0 Å². The van der Waals surface area contributed by atoms with Crippen LogP contribution in [0.2, 0.25) is 0 Å². The van der Waals surface area contributed by atoms with Crippen molar-refractivity contribution in [3.05, 3.63) is 23.8 Å². The lowest BCUT2D eigenvalue weighted by Gasteiger charge is -2.32. The van der Waals surface area contributed by atoms with Gasteiger partial charge in [0.1, 0.15) is 0 Å². The van der Waals surface area contributed by atoms with Gasteiger partial charge in [-0.25, -0.2) is 21.6 Å². The summed E-state index contributed by atoms with van der Waals surface area (Å²) in [5.41, 5.74) is -0.474. The summed E-state index contributed by atoms with van der Waals surface area (Å²) >= 11 is 0. The molecule has 30 heavy (non-hydrogen) atoms. The second-order valence-electron chi connectivity index (χ2n) is 8.17. The Hall–Kier alpha value is -1.49. The molecule has 0 bridgehead atoms. The van der Waals surface area contributed by atoms with E-state index in [9.17, 15) is 21.6 Å². The van der Waals surface area contributed by atoms with Crippen LogP contribution in [0.3, 0.4) is 0 Å². The first-order valence-corrected chi connectivity index (χ1v) is 12.8. The average molecular weight is 463 g/mol. The fourth-order valence-corrected chi connectivity index (χ4v) is 7.92. The van der Waals surface area contributed by atoms with E-state index >= 15 is 0 Å². The standard InChI is InChI=1S/C20H34N2O6S2/c1-13(2)21(14(3)4)29(24,25)17-11-10-12-18(19(17)20(23)28-9)30(26,27)22(15(5)6)16(7)8/h10-16H,1-9H3. The number of esters is 1. The predicted octanol–water partition coefficient (Wildman–Crippen LogP) is 3.09. The SMILES string of the molecule is COC(=O)c1c(S(=O)(=O)N(C(C)C)C(C)C)cccc1S(=O)(=O)N(C(C)C)C(C)C. The van der Waals surface area contributed by atoms with Crippen LogP contribution in [0, 0.1) is 0 Å². The summed E-state index contributed by atoms with van der Waals surface area (Å²) in [4.78, 5) is 11.9. The summed E-state index contributed by atoms with van der Waals surface area (Å²) in [6.45, 7) is 13.7. The minimum Gasteiger partial charge on any atom is -0.465 e. The highest BCUT2D eigenvalue weighted by Gasteiger charge is 2.39. The Labute approximate surface area is 181 Å².